The Morgan fingerprint density at radius 3 is 1.57 bits per heavy atom. The lowest BCUT2D eigenvalue weighted by Gasteiger charge is -2.05. The lowest BCUT2D eigenvalue weighted by molar-refractivity contribution is 0.0443. The minimum absolute atomic E-state index is 0.435. The molecule has 0 bridgehead atoms. The van der Waals surface area contributed by atoms with Crippen LogP contribution in [0.15, 0.2) is 18.2 Å². The third-order valence-electron chi connectivity index (χ3n) is 6.31. The SMILES string of the molecule is CCCCCCCCCCCCCCCCCCCc1cccc2c1C(=O)OC2=O. The van der Waals surface area contributed by atoms with Crippen molar-refractivity contribution < 1.29 is 14.3 Å². The van der Waals surface area contributed by atoms with Crippen LogP contribution in [-0.4, -0.2) is 11.9 Å². The van der Waals surface area contributed by atoms with Crippen LogP contribution in [0.4, 0.5) is 0 Å². The molecule has 1 heterocycles. The number of hydrogen-bond donors (Lipinski definition) is 0. The summed E-state index contributed by atoms with van der Waals surface area (Å²) in [5, 5.41) is 0. The number of cyclic esters (lactones) is 2. The van der Waals surface area contributed by atoms with E-state index < -0.39 is 11.9 Å². The average Bonchev–Trinajstić information content (AvgIpc) is 3.04. The summed E-state index contributed by atoms with van der Waals surface area (Å²) in [6.07, 6.45) is 24.0. The van der Waals surface area contributed by atoms with Gasteiger partial charge in [0, 0.05) is 0 Å². The zero-order chi connectivity index (χ0) is 21.4. The van der Waals surface area contributed by atoms with Crippen molar-refractivity contribution in [1.82, 2.24) is 0 Å². The quantitative estimate of drug-likeness (QED) is 0.138. The summed E-state index contributed by atoms with van der Waals surface area (Å²) in [6.45, 7) is 2.28. The molecule has 0 amide bonds. The average molecular weight is 415 g/mol. The van der Waals surface area contributed by atoms with Crippen LogP contribution in [0, 0.1) is 0 Å². The van der Waals surface area contributed by atoms with Crippen LogP contribution in [-0.2, 0) is 11.2 Å². The molecule has 0 atom stereocenters. The number of rotatable bonds is 18. The van der Waals surface area contributed by atoms with Crippen molar-refractivity contribution in [2.75, 3.05) is 0 Å². The summed E-state index contributed by atoms with van der Waals surface area (Å²) in [7, 11) is 0. The van der Waals surface area contributed by atoms with Crippen molar-refractivity contribution in [3.05, 3.63) is 34.9 Å². The van der Waals surface area contributed by atoms with Gasteiger partial charge >= 0.3 is 11.9 Å². The predicted octanol–water partition coefficient (Wildman–Crippen LogP) is 8.19. The summed E-state index contributed by atoms with van der Waals surface area (Å²) in [6, 6.07) is 5.48. The van der Waals surface area contributed by atoms with E-state index in [1.54, 1.807) is 6.07 Å². The van der Waals surface area contributed by atoms with Gasteiger partial charge in [0.1, 0.15) is 0 Å². The smallest absolute Gasteiger partial charge is 0.347 e. The van der Waals surface area contributed by atoms with Gasteiger partial charge in [0.05, 0.1) is 11.1 Å². The van der Waals surface area contributed by atoms with Crippen LogP contribution in [0.2, 0.25) is 0 Å². The van der Waals surface area contributed by atoms with E-state index in [1.807, 2.05) is 12.1 Å². The van der Waals surface area contributed by atoms with E-state index >= 15 is 0 Å². The molecule has 168 valence electrons. The van der Waals surface area contributed by atoms with Gasteiger partial charge in [-0.25, -0.2) is 9.59 Å². The van der Waals surface area contributed by atoms with Gasteiger partial charge < -0.3 is 4.74 Å². The Kier molecular flexibility index (Phi) is 12.5. The van der Waals surface area contributed by atoms with Crippen molar-refractivity contribution in [3.63, 3.8) is 0 Å². The number of unbranched alkanes of at least 4 members (excludes halogenated alkanes) is 16. The normalized spacial score (nSPS) is 13.0. The summed E-state index contributed by atoms with van der Waals surface area (Å²) in [4.78, 5) is 23.5. The van der Waals surface area contributed by atoms with Crippen LogP contribution in [0.25, 0.3) is 0 Å². The zero-order valence-electron chi connectivity index (χ0n) is 19.2. The summed E-state index contributed by atoms with van der Waals surface area (Å²) in [5.41, 5.74) is 1.90. The molecule has 3 nitrogen and oxygen atoms in total. The van der Waals surface area contributed by atoms with Crippen LogP contribution in [0.1, 0.15) is 142 Å². The Morgan fingerprint density at radius 1 is 0.600 bits per heavy atom. The summed E-state index contributed by atoms with van der Waals surface area (Å²) < 4.78 is 4.73. The Bertz CT molecular complexity index is 635. The molecule has 0 unspecified atom stereocenters. The first-order chi connectivity index (χ1) is 14.7. The van der Waals surface area contributed by atoms with Gasteiger partial charge in [-0.05, 0) is 24.5 Å². The molecule has 1 aromatic rings. The van der Waals surface area contributed by atoms with Crippen LogP contribution >= 0.6 is 0 Å². The van der Waals surface area contributed by atoms with Crippen molar-refractivity contribution in [1.29, 1.82) is 0 Å². The number of fused-ring (bicyclic) bond motifs is 1. The highest BCUT2D eigenvalue weighted by Gasteiger charge is 2.31. The first kappa shape index (κ1) is 24.6. The molecule has 0 saturated heterocycles. The number of hydrogen-bond acceptors (Lipinski definition) is 3. The zero-order valence-corrected chi connectivity index (χ0v) is 19.2. The van der Waals surface area contributed by atoms with Gasteiger partial charge in [-0.2, -0.15) is 0 Å². The second kappa shape index (κ2) is 15.2. The molecule has 1 aromatic carbocycles. The number of esters is 2. The fourth-order valence-corrected chi connectivity index (χ4v) is 4.45. The van der Waals surface area contributed by atoms with E-state index in [-0.39, 0.29) is 0 Å². The van der Waals surface area contributed by atoms with Gasteiger partial charge in [-0.1, -0.05) is 122 Å². The Balaban J connectivity index is 1.38. The molecule has 0 aromatic heterocycles. The van der Waals surface area contributed by atoms with Crippen LogP contribution in [0.5, 0.6) is 0 Å². The number of carbonyl (C=O) groups is 2. The van der Waals surface area contributed by atoms with Gasteiger partial charge in [-0.3, -0.25) is 0 Å². The van der Waals surface area contributed by atoms with Gasteiger partial charge in [0.2, 0.25) is 0 Å². The maximum atomic E-state index is 11.8. The molecule has 0 aliphatic carbocycles. The van der Waals surface area contributed by atoms with E-state index in [2.05, 4.69) is 6.92 Å². The lowest BCUT2D eigenvalue weighted by atomic mass is 9.97. The molecule has 3 heteroatoms. The number of ether oxygens (including phenoxy) is 1. The van der Waals surface area contributed by atoms with E-state index in [9.17, 15) is 9.59 Å². The maximum absolute atomic E-state index is 11.8. The molecule has 1 aliphatic heterocycles. The molecule has 0 saturated carbocycles. The van der Waals surface area contributed by atoms with Crippen LogP contribution < -0.4 is 0 Å². The molecular weight excluding hydrogens is 372 g/mol. The first-order valence-corrected chi connectivity index (χ1v) is 12.6. The first-order valence-electron chi connectivity index (χ1n) is 12.6. The standard InChI is InChI=1S/C27H42O3/c1-2-3-4-5-6-7-8-9-10-11-12-13-14-15-16-17-18-20-23-21-19-22-24-25(23)27(29)30-26(24)28/h19,21-22H,2-18,20H2,1H3. The van der Waals surface area contributed by atoms with E-state index in [0.29, 0.717) is 11.1 Å². The predicted molar refractivity (Wildman–Crippen MR) is 124 cm³/mol. The van der Waals surface area contributed by atoms with Crippen molar-refractivity contribution in [2.45, 2.75) is 122 Å². The molecular formula is C27H42O3. The second-order valence-electron chi connectivity index (χ2n) is 8.92. The lowest BCUT2D eigenvalue weighted by Crippen LogP contribution is -2.00. The number of aryl methyl sites for hydroxylation is 1. The van der Waals surface area contributed by atoms with E-state index in [0.717, 1.165) is 18.4 Å². The number of benzene rings is 1. The van der Waals surface area contributed by atoms with Gasteiger partial charge in [0.25, 0.3) is 0 Å². The second-order valence-corrected chi connectivity index (χ2v) is 8.92. The van der Waals surface area contributed by atoms with Crippen LogP contribution in [0.3, 0.4) is 0 Å². The Hall–Kier alpha value is -1.64. The van der Waals surface area contributed by atoms with Crippen molar-refractivity contribution in [3.8, 4) is 0 Å². The molecule has 0 radical (unpaired) electrons. The molecule has 1 aliphatic rings. The molecule has 0 spiro atoms. The van der Waals surface area contributed by atoms with Gasteiger partial charge in [-0.15, -0.1) is 0 Å². The van der Waals surface area contributed by atoms with Crippen molar-refractivity contribution >= 4 is 11.9 Å². The highest BCUT2D eigenvalue weighted by Crippen LogP contribution is 2.25. The molecule has 30 heavy (non-hydrogen) atoms. The number of carbonyl (C=O) groups excluding carboxylic acids is 2. The largest absolute Gasteiger partial charge is 0.386 e. The highest BCUT2D eigenvalue weighted by molar-refractivity contribution is 6.15. The minimum Gasteiger partial charge on any atom is -0.386 e. The minimum atomic E-state index is -0.501. The molecule has 2 rings (SSSR count). The van der Waals surface area contributed by atoms with E-state index in [4.69, 9.17) is 4.74 Å². The monoisotopic (exact) mass is 414 g/mol. The van der Waals surface area contributed by atoms with Crippen molar-refractivity contribution in [2.24, 2.45) is 0 Å². The third kappa shape index (κ3) is 9.02. The Morgan fingerprint density at radius 2 is 1.07 bits per heavy atom. The fourth-order valence-electron chi connectivity index (χ4n) is 4.45. The Labute approximate surface area is 184 Å². The fraction of sp³-hybridized carbons (Fsp3) is 0.704. The molecule has 0 fully saturated rings. The maximum Gasteiger partial charge on any atom is 0.347 e. The van der Waals surface area contributed by atoms with E-state index in [1.165, 1.54) is 103 Å². The molecule has 0 N–H and O–H groups in total. The third-order valence-corrected chi connectivity index (χ3v) is 6.31. The summed E-state index contributed by atoms with van der Waals surface area (Å²) >= 11 is 0. The topological polar surface area (TPSA) is 43.4 Å². The highest BCUT2D eigenvalue weighted by atomic mass is 16.6. The van der Waals surface area contributed by atoms with Gasteiger partial charge in [0.15, 0.2) is 0 Å². The summed E-state index contributed by atoms with van der Waals surface area (Å²) in [5.74, 6) is -0.975.